The Morgan fingerprint density at radius 2 is 1.81 bits per heavy atom. The van der Waals surface area contributed by atoms with Crippen LogP contribution in [0.1, 0.15) is 22.3 Å². The van der Waals surface area contributed by atoms with Gasteiger partial charge in [0.05, 0.1) is 0 Å². The lowest BCUT2D eigenvalue weighted by molar-refractivity contribution is 0.0991. The van der Waals surface area contributed by atoms with Crippen molar-refractivity contribution in [2.45, 2.75) is 13.3 Å². The third kappa shape index (κ3) is 1.96. The lowest BCUT2D eigenvalue weighted by Crippen LogP contribution is -2.01. The molecule has 0 amide bonds. The van der Waals surface area contributed by atoms with E-state index in [4.69, 9.17) is 11.6 Å². The van der Waals surface area contributed by atoms with Gasteiger partial charge in [-0.25, -0.2) is 0 Å². The predicted octanol–water partition coefficient (Wildman–Crippen LogP) is 3.96. The topological polar surface area (TPSA) is 17.1 Å². The summed E-state index contributed by atoms with van der Waals surface area (Å²) in [6, 6.07) is 11.9. The van der Waals surface area contributed by atoms with Crippen LogP contribution in [0.25, 0.3) is 10.8 Å². The highest BCUT2D eigenvalue weighted by atomic mass is 35.5. The molecule has 0 radical (unpaired) electrons. The summed E-state index contributed by atoms with van der Waals surface area (Å²) in [6.45, 7) is 2.05. The Balaban J connectivity index is 2.63. The maximum Gasteiger partial charge on any atom is 0.164 e. The number of rotatable bonds is 3. The summed E-state index contributed by atoms with van der Waals surface area (Å²) in [5, 5.41) is 2.17. The van der Waals surface area contributed by atoms with Gasteiger partial charge in [0.2, 0.25) is 0 Å². The van der Waals surface area contributed by atoms with Crippen molar-refractivity contribution in [3.8, 4) is 0 Å². The van der Waals surface area contributed by atoms with Crippen molar-refractivity contribution in [1.82, 2.24) is 0 Å². The summed E-state index contributed by atoms with van der Waals surface area (Å²) in [4.78, 5) is 11.9. The van der Waals surface area contributed by atoms with Gasteiger partial charge in [-0.1, -0.05) is 36.4 Å². The number of Topliss-reactive ketones (excluding diaryl/α,β-unsaturated/α-hetero) is 1. The molecular weight excluding hydrogens is 220 g/mol. The first-order valence-corrected chi connectivity index (χ1v) is 5.85. The van der Waals surface area contributed by atoms with Gasteiger partial charge in [0, 0.05) is 17.9 Å². The monoisotopic (exact) mass is 232 g/mol. The Labute approximate surface area is 100 Å². The third-order valence-corrected chi connectivity index (χ3v) is 2.95. The lowest BCUT2D eigenvalue weighted by Gasteiger charge is -2.07. The molecule has 0 saturated heterocycles. The minimum Gasteiger partial charge on any atom is -0.294 e. The number of carbonyl (C=O) groups excluding carboxylic acids is 1. The molecule has 0 aliphatic heterocycles. The van der Waals surface area contributed by atoms with Gasteiger partial charge in [-0.05, 0) is 23.3 Å². The second kappa shape index (κ2) is 4.67. The number of hydrogen-bond donors (Lipinski definition) is 0. The Kier molecular flexibility index (Phi) is 3.25. The normalized spacial score (nSPS) is 10.6. The number of hydrogen-bond acceptors (Lipinski definition) is 1. The SMILES string of the molecule is Cc1ccc(C(=O)CCCl)c2ccccc12. The molecule has 2 aromatic rings. The van der Waals surface area contributed by atoms with Crippen LogP contribution >= 0.6 is 11.6 Å². The van der Waals surface area contributed by atoms with Gasteiger partial charge < -0.3 is 0 Å². The van der Waals surface area contributed by atoms with Gasteiger partial charge in [-0.2, -0.15) is 0 Å². The maximum atomic E-state index is 11.9. The number of ketones is 1. The Bertz CT molecular complexity index is 531. The molecule has 0 N–H and O–H groups in total. The van der Waals surface area contributed by atoms with E-state index in [1.54, 1.807) is 0 Å². The van der Waals surface area contributed by atoms with Crippen LogP contribution in [0, 0.1) is 6.92 Å². The summed E-state index contributed by atoms with van der Waals surface area (Å²) < 4.78 is 0. The highest BCUT2D eigenvalue weighted by Crippen LogP contribution is 2.23. The molecule has 0 fully saturated rings. The zero-order valence-corrected chi connectivity index (χ0v) is 9.92. The van der Waals surface area contributed by atoms with Crippen LogP contribution in [-0.2, 0) is 0 Å². The minimum absolute atomic E-state index is 0.117. The van der Waals surface area contributed by atoms with Gasteiger partial charge >= 0.3 is 0 Å². The van der Waals surface area contributed by atoms with E-state index in [0.29, 0.717) is 12.3 Å². The van der Waals surface area contributed by atoms with Crippen molar-refractivity contribution in [3.63, 3.8) is 0 Å². The summed E-state index contributed by atoms with van der Waals surface area (Å²) in [5.41, 5.74) is 1.97. The van der Waals surface area contributed by atoms with Crippen molar-refractivity contribution < 1.29 is 4.79 Å². The summed E-state index contributed by atoms with van der Waals surface area (Å²) in [6.07, 6.45) is 0.397. The molecule has 82 valence electrons. The Morgan fingerprint density at radius 3 is 2.50 bits per heavy atom. The standard InChI is InChI=1S/C14H13ClO/c1-10-6-7-13(14(16)8-9-15)12-5-3-2-4-11(10)12/h2-7H,8-9H2,1H3. The fraction of sp³-hybridized carbons (Fsp3) is 0.214. The molecule has 0 spiro atoms. The first kappa shape index (κ1) is 11.2. The van der Waals surface area contributed by atoms with Crippen LogP contribution in [0.5, 0.6) is 0 Å². The molecule has 16 heavy (non-hydrogen) atoms. The molecule has 2 heteroatoms. The van der Waals surface area contributed by atoms with Crippen molar-refractivity contribution in [1.29, 1.82) is 0 Å². The smallest absolute Gasteiger partial charge is 0.164 e. The minimum atomic E-state index is 0.117. The molecule has 0 atom stereocenters. The second-order valence-electron chi connectivity index (χ2n) is 3.84. The first-order chi connectivity index (χ1) is 7.74. The quantitative estimate of drug-likeness (QED) is 0.578. The molecular formula is C14H13ClO. The number of fused-ring (bicyclic) bond motifs is 1. The maximum absolute atomic E-state index is 11.9. The van der Waals surface area contributed by atoms with E-state index < -0.39 is 0 Å². The van der Waals surface area contributed by atoms with Crippen molar-refractivity contribution >= 4 is 28.2 Å². The van der Waals surface area contributed by atoms with Crippen molar-refractivity contribution in [2.24, 2.45) is 0 Å². The van der Waals surface area contributed by atoms with E-state index in [1.165, 1.54) is 5.56 Å². The average Bonchev–Trinajstić information content (AvgIpc) is 2.30. The molecule has 0 aromatic heterocycles. The molecule has 0 saturated carbocycles. The van der Waals surface area contributed by atoms with E-state index in [0.717, 1.165) is 16.3 Å². The number of carbonyl (C=O) groups is 1. The predicted molar refractivity (Wildman–Crippen MR) is 68.4 cm³/mol. The lowest BCUT2D eigenvalue weighted by atomic mass is 9.97. The Hall–Kier alpha value is -1.34. The van der Waals surface area contributed by atoms with Crippen LogP contribution < -0.4 is 0 Å². The summed E-state index contributed by atoms with van der Waals surface area (Å²) in [7, 11) is 0. The molecule has 2 aromatic carbocycles. The van der Waals surface area contributed by atoms with Gasteiger partial charge in [-0.3, -0.25) is 4.79 Å². The van der Waals surface area contributed by atoms with Crippen LogP contribution in [0.3, 0.4) is 0 Å². The number of halogens is 1. The zero-order chi connectivity index (χ0) is 11.5. The van der Waals surface area contributed by atoms with Gasteiger partial charge in [-0.15, -0.1) is 11.6 Å². The largest absolute Gasteiger partial charge is 0.294 e. The van der Waals surface area contributed by atoms with E-state index in [9.17, 15) is 4.79 Å². The fourth-order valence-electron chi connectivity index (χ4n) is 1.91. The second-order valence-corrected chi connectivity index (χ2v) is 4.22. The molecule has 0 aliphatic rings. The van der Waals surface area contributed by atoms with Crippen LogP contribution in [-0.4, -0.2) is 11.7 Å². The molecule has 0 aliphatic carbocycles. The number of alkyl halides is 1. The third-order valence-electron chi connectivity index (χ3n) is 2.76. The van der Waals surface area contributed by atoms with Crippen LogP contribution in [0.2, 0.25) is 0 Å². The van der Waals surface area contributed by atoms with Crippen LogP contribution in [0.15, 0.2) is 36.4 Å². The van der Waals surface area contributed by atoms with E-state index >= 15 is 0 Å². The summed E-state index contributed by atoms with van der Waals surface area (Å²) in [5.74, 6) is 0.493. The molecule has 0 bridgehead atoms. The van der Waals surface area contributed by atoms with Gasteiger partial charge in [0.1, 0.15) is 0 Å². The van der Waals surface area contributed by atoms with E-state index in [1.807, 2.05) is 36.4 Å². The van der Waals surface area contributed by atoms with E-state index in [-0.39, 0.29) is 5.78 Å². The molecule has 1 nitrogen and oxygen atoms in total. The Morgan fingerprint density at radius 1 is 1.12 bits per heavy atom. The number of aryl methyl sites for hydroxylation is 1. The van der Waals surface area contributed by atoms with Crippen molar-refractivity contribution in [3.05, 3.63) is 47.5 Å². The zero-order valence-electron chi connectivity index (χ0n) is 9.16. The highest BCUT2D eigenvalue weighted by molar-refractivity contribution is 6.20. The average molecular weight is 233 g/mol. The van der Waals surface area contributed by atoms with Gasteiger partial charge in [0.25, 0.3) is 0 Å². The highest BCUT2D eigenvalue weighted by Gasteiger charge is 2.09. The van der Waals surface area contributed by atoms with Gasteiger partial charge in [0.15, 0.2) is 5.78 Å². The first-order valence-electron chi connectivity index (χ1n) is 5.31. The number of benzene rings is 2. The fourth-order valence-corrected chi connectivity index (χ4v) is 2.09. The molecule has 0 unspecified atom stereocenters. The summed E-state index contributed by atoms with van der Waals surface area (Å²) >= 11 is 5.61. The molecule has 0 heterocycles. The molecule has 2 rings (SSSR count). The van der Waals surface area contributed by atoms with Crippen molar-refractivity contribution in [2.75, 3.05) is 5.88 Å². The van der Waals surface area contributed by atoms with Crippen LogP contribution in [0.4, 0.5) is 0 Å². The van der Waals surface area contributed by atoms with E-state index in [2.05, 4.69) is 6.92 Å².